The van der Waals surface area contributed by atoms with Crippen molar-refractivity contribution < 1.29 is 9.13 Å². The molecule has 148 valence electrons. The lowest BCUT2D eigenvalue weighted by atomic mass is 10.1. The molecule has 2 aromatic heterocycles. The number of nitrogens with two attached hydrogens (primary N) is 1. The number of aromatic nitrogens is 2. The number of benzene rings is 1. The van der Waals surface area contributed by atoms with Crippen LogP contribution in [0.15, 0.2) is 15.7 Å². The van der Waals surface area contributed by atoms with Crippen LogP contribution in [0, 0.1) is 11.7 Å². The number of hydrogen-bond acceptors (Lipinski definition) is 6. The molecule has 7 nitrogen and oxygen atoms in total. The molecular formula is C19H21FN4O3S. The van der Waals surface area contributed by atoms with Gasteiger partial charge in [-0.25, -0.2) is 4.39 Å². The number of anilines is 1. The number of ether oxygens (including phenoxy) is 1. The number of hydrogen-bond donors (Lipinski definition) is 2. The summed E-state index contributed by atoms with van der Waals surface area (Å²) >= 11 is 1.14. The van der Waals surface area contributed by atoms with Crippen molar-refractivity contribution in [2.45, 2.75) is 31.8 Å². The highest BCUT2D eigenvalue weighted by molar-refractivity contribution is 7.12. The summed E-state index contributed by atoms with van der Waals surface area (Å²) in [5.41, 5.74) is 6.16. The van der Waals surface area contributed by atoms with Gasteiger partial charge in [0.25, 0.3) is 5.56 Å². The van der Waals surface area contributed by atoms with E-state index in [1.165, 1.54) is 13.2 Å². The molecule has 5 rings (SSSR count). The van der Waals surface area contributed by atoms with Crippen LogP contribution in [-0.2, 0) is 0 Å². The molecule has 2 atom stereocenters. The van der Waals surface area contributed by atoms with Crippen LogP contribution in [0.5, 0.6) is 5.75 Å². The first kappa shape index (κ1) is 17.7. The largest absolute Gasteiger partial charge is 0.492 e. The fraction of sp³-hybridized carbons (Fsp3) is 0.474. The standard InChI is InChI=1S/C19H21FN4O3S/c1-8-6-23(7-12(8)21)15-11(20)5-10-14(17(15)27-2)24(9-3-4-9)19-13(16(10)25)18(26)22-28-19/h5,8-9,12H,3-4,6-7,21H2,1-2H3,(H,22,26). The maximum atomic E-state index is 15.2. The third-order valence-corrected chi connectivity index (χ3v) is 6.78. The molecule has 2 unspecified atom stereocenters. The Morgan fingerprint density at radius 2 is 2.07 bits per heavy atom. The van der Waals surface area contributed by atoms with Crippen LogP contribution in [0.1, 0.15) is 25.8 Å². The fourth-order valence-electron chi connectivity index (χ4n) is 4.26. The molecular weight excluding hydrogens is 383 g/mol. The van der Waals surface area contributed by atoms with Gasteiger partial charge in [0.05, 0.1) is 18.0 Å². The summed E-state index contributed by atoms with van der Waals surface area (Å²) < 4.78 is 25.6. The first-order chi connectivity index (χ1) is 13.4. The van der Waals surface area contributed by atoms with Crippen molar-refractivity contribution in [3.8, 4) is 5.75 Å². The molecule has 1 aromatic carbocycles. The summed E-state index contributed by atoms with van der Waals surface area (Å²) in [6.45, 7) is 3.18. The monoisotopic (exact) mass is 404 g/mol. The summed E-state index contributed by atoms with van der Waals surface area (Å²) in [4.78, 5) is 27.7. The molecule has 1 saturated carbocycles. The Labute approximate surface area is 163 Å². The lowest BCUT2D eigenvalue weighted by Crippen LogP contribution is -2.29. The second-order valence-electron chi connectivity index (χ2n) is 7.83. The number of fused-ring (bicyclic) bond motifs is 2. The zero-order valence-electron chi connectivity index (χ0n) is 15.6. The van der Waals surface area contributed by atoms with E-state index in [0.717, 1.165) is 24.4 Å². The molecule has 0 amide bonds. The van der Waals surface area contributed by atoms with Crippen LogP contribution in [-0.4, -0.2) is 35.2 Å². The third kappa shape index (κ3) is 2.35. The Kier molecular flexibility index (Phi) is 3.82. The molecule has 3 heterocycles. The average molecular weight is 404 g/mol. The maximum absolute atomic E-state index is 15.2. The number of rotatable bonds is 3. The highest BCUT2D eigenvalue weighted by Crippen LogP contribution is 2.46. The van der Waals surface area contributed by atoms with E-state index in [1.807, 2.05) is 16.4 Å². The van der Waals surface area contributed by atoms with E-state index in [4.69, 9.17) is 10.5 Å². The van der Waals surface area contributed by atoms with Crippen molar-refractivity contribution in [3.63, 3.8) is 0 Å². The van der Waals surface area contributed by atoms with Gasteiger partial charge >= 0.3 is 0 Å². The Morgan fingerprint density at radius 3 is 2.68 bits per heavy atom. The third-order valence-electron chi connectivity index (χ3n) is 5.90. The van der Waals surface area contributed by atoms with Gasteiger partial charge in [-0.15, -0.1) is 0 Å². The van der Waals surface area contributed by atoms with Crippen LogP contribution < -0.4 is 26.4 Å². The number of nitrogens with zero attached hydrogens (tertiary/aromatic N) is 2. The Morgan fingerprint density at radius 1 is 1.32 bits per heavy atom. The number of aromatic amines is 1. The smallest absolute Gasteiger partial charge is 0.271 e. The van der Waals surface area contributed by atoms with Gasteiger partial charge in [0.15, 0.2) is 11.6 Å². The molecule has 2 aliphatic rings. The van der Waals surface area contributed by atoms with E-state index in [-0.39, 0.29) is 28.8 Å². The SMILES string of the molecule is COc1c(N2CC(C)C(N)C2)c(F)cc2c(=O)c3c(=O)[nH]sc3n(C3CC3)c12. The first-order valence-electron chi connectivity index (χ1n) is 9.38. The summed E-state index contributed by atoms with van der Waals surface area (Å²) in [6.07, 6.45) is 1.89. The Bertz CT molecular complexity index is 1220. The van der Waals surface area contributed by atoms with Gasteiger partial charge in [0, 0.05) is 25.2 Å². The summed E-state index contributed by atoms with van der Waals surface area (Å²) in [7, 11) is 1.49. The van der Waals surface area contributed by atoms with Crippen molar-refractivity contribution in [3.05, 3.63) is 32.5 Å². The Balaban J connectivity index is 1.91. The summed E-state index contributed by atoms with van der Waals surface area (Å²) in [5.74, 6) is 0.0296. The normalized spacial score (nSPS) is 22.5. The van der Waals surface area contributed by atoms with Gasteiger partial charge in [-0.3, -0.25) is 14.0 Å². The molecule has 3 aromatic rings. The topological polar surface area (TPSA) is 93.3 Å². The molecule has 1 aliphatic carbocycles. The minimum atomic E-state index is -0.531. The van der Waals surface area contributed by atoms with Crippen LogP contribution in [0.2, 0.25) is 0 Å². The van der Waals surface area contributed by atoms with Crippen molar-refractivity contribution in [2.75, 3.05) is 25.1 Å². The predicted molar refractivity (Wildman–Crippen MR) is 108 cm³/mol. The van der Waals surface area contributed by atoms with Crippen LogP contribution >= 0.6 is 11.5 Å². The number of H-pyrrole nitrogens is 1. The molecule has 0 bridgehead atoms. The fourth-order valence-corrected chi connectivity index (χ4v) is 5.18. The van der Waals surface area contributed by atoms with Crippen molar-refractivity contribution >= 4 is 38.3 Å². The van der Waals surface area contributed by atoms with E-state index in [0.29, 0.717) is 34.9 Å². The zero-order chi connectivity index (χ0) is 19.7. The van der Waals surface area contributed by atoms with Gasteiger partial charge in [-0.05, 0) is 36.4 Å². The van der Waals surface area contributed by atoms with Crippen molar-refractivity contribution in [1.82, 2.24) is 8.94 Å². The van der Waals surface area contributed by atoms with E-state index >= 15 is 4.39 Å². The summed E-state index contributed by atoms with van der Waals surface area (Å²) in [5, 5.41) is 0.272. The van der Waals surface area contributed by atoms with Gasteiger partial charge < -0.3 is 19.9 Å². The first-order valence-corrected chi connectivity index (χ1v) is 10.2. The quantitative estimate of drug-likeness (QED) is 0.698. The summed E-state index contributed by atoms with van der Waals surface area (Å²) in [6, 6.07) is 1.37. The highest BCUT2D eigenvalue weighted by Gasteiger charge is 2.35. The molecule has 3 N–H and O–H groups in total. The molecule has 2 fully saturated rings. The van der Waals surface area contributed by atoms with Crippen molar-refractivity contribution in [2.24, 2.45) is 11.7 Å². The lowest BCUT2D eigenvalue weighted by Gasteiger charge is -2.24. The molecule has 0 radical (unpaired) electrons. The number of pyridine rings is 1. The average Bonchev–Trinajstić information content (AvgIpc) is 3.34. The zero-order valence-corrected chi connectivity index (χ0v) is 16.4. The molecule has 1 saturated heterocycles. The van der Waals surface area contributed by atoms with E-state index < -0.39 is 16.8 Å². The predicted octanol–water partition coefficient (Wildman–Crippen LogP) is 2.17. The number of methoxy groups -OCH3 is 1. The highest BCUT2D eigenvalue weighted by atomic mass is 32.1. The van der Waals surface area contributed by atoms with Gasteiger partial charge in [-0.2, -0.15) is 0 Å². The lowest BCUT2D eigenvalue weighted by molar-refractivity contribution is 0.414. The van der Waals surface area contributed by atoms with E-state index in [9.17, 15) is 9.59 Å². The van der Waals surface area contributed by atoms with E-state index in [1.54, 1.807) is 0 Å². The van der Waals surface area contributed by atoms with Crippen molar-refractivity contribution in [1.29, 1.82) is 0 Å². The second kappa shape index (κ2) is 6.05. The number of nitrogens with one attached hydrogen (secondary N) is 1. The van der Waals surface area contributed by atoms with Crippen LogP contribution in [0.3, 0.4) is 0 Å². The minimum absolute atomic E-state index is 0.0529. The molecule has 1 aliphatic heterocycles. The minimum Gasteiger partial charge on any atom is -0.492 e. The van der Waals surface area contributed by atoms with Crippen LogP contribution in [0.25, 0.3) is 21.1 Å². The molecule has 9 heteroatoms. The van der Waals surface area contributed by atoms with E-state index in [2.05, 4.69) is 4.37 Å². The Hall–Kier alpha value is -2.39. The maximum Gasteiger partial charge on any atom is 0.271 e. The number of halogens is 1. The molecule has 0 spiro atoms. The second-order valence-corrected chi connectivity index (χ2v) is 8.62. The van der Waals surface area contributed by atoms with Gasteiger partial charge in [0.1, 0.15) is 15.9 Å². The van der Waals surface area contributed by atoms with Gasteiger partial charge in [-0.1, -0.05) is 6.92 Å². The molecule has 28 heavy (non-hydrogen) atoms. The van der Waals surface area contributed by atoms with Gasteiger partial charge in [0.2, 0.25) is 5.43 Å². The van der Waals surface area contributed by atoms with Crippen LogP contribution in [0.4, 0.5) is 10.1 Å².